The summed E-state index contributed by atoms with van der Waals surface area (Å²) in [5.41, 5.74) is 4.30. The van der Waals surface area contributed by atoms with Crippen LogP contribution in [-0.4, -0.2) is 60.7 Å². The molecule has 0 saturated carbocycles. The molecule has 2 saturated heterocycles. The van der Waals surface area contributed by atoms with E-state index >= 15 is 0 Å². The molecule has 2 N–H and O–H groups in total. The second-order valence-electron chi connectivity index (χ2n) is 8.95. The van der Waals surface area contributed by atoms with Gasteiger partial charge in [0.1, 0.15) is 17.7 Å². The first kappa shape index (κ1) is 20.9. The second-order valence-corrected chi connectivity index (χ2v) is 8.95. The SMILES string of the molecule is Cc1cnc(Nc2cn3c(-c4cc(C)ncc4OC4CC5COCC(C4)N5)cncc3n2)cn1. The third-order valence-electron chi connectivity index (χ3n) is 6.19. The first-order valence-corrected chi connectivity index (χ1v) is 11.5. The zero-order chi connectivity index (χ0) is 23.1. The fraction of sp³-hybridized carbons (Fsp3) is 0.375. The van der Waals surface area contributed by atoms with Crippen LogP contribution in [0.25, 0.3) is 16.9 Å². The van der Waals surface area contributed by atoms with E-state index in [-0.39, 0.29) is 6.10 Å². The molecule has 4 aromatic heterocycles. The summed E-state index contributed by atoms with van der Waals surface area (Å²) in [5, 5.41) is 6.83. The molecule has 174 valence electrons. The topological polar surface area (TPSA) is 111 Å². The van der Waals surface area contributed by atoms with Crippen molar-refractivity contribution >= 4 is 17.3 Å². The lowest BCUT2D eigenvalue weighted by Crippen LogP contribution is -2.56. The molecule has 10 heteroatoms. The van der Waals surface area contributed by atoms with Crippen LogP contribution < -0.4 is 15.4 Å². The Balaban J connectivity index is 1.33. The number of nitrogens with one attached hydrogen (secondary N) is 2. The summed E-state index contributed by atoms with van der Waals surface area (Å²) in [5.74, 6) is 2.04. The third kappa shape index (κ3) is 4.17. The van der Waals surface area contributed by atoms with E-state index in [0.717, 1.165) is 54.5 Å². The minimum Gasteiger partial charge on any atom is -0.488 e. The Kier molecular flexibility index (Phi) is 5.31. The predicted molar refractivity (Wildman–Crippen MR) is 126 cm³/mol. The minimum atomic E-state index is 0.107. The number of anilines is 2. The van der Waals surface area contributed by atoms with Gasteiger partial charge in [0.25, 0.3) is 0 Å². The second kappa shape index (κ2) is 8.62. The molecule has 2 fully saturated rings. The number of hydrogen-bond donors (Lipinski definition) is 2. The van der Waals surface area contributed by atoms with E-state index in [1.807, 2.05) is 42.9 Å². The standard InChI is InChI=1S/C24H26N8O2/c1-14-3-19(21(8-26-14)34-18-4-16-12-33-13-17(5-18)29-16)20-7-25-10-24-31-23(11-32(20)24)30-22-9-27-15(2)6-28-22/h3,6-11,16-18,29H,4-5,12-13H2,1-2H3,(H,28,30). The smallest absolute Gasteiger partial charge is 0.158 e. The molecule has 2 bridgehead atoms. The van der Waals surface area contributed by atoms with Gasteiger partial charge in [-0.2, -0.15) is 0 Å². The van der Waals surface area contributed by atoms with Crippen molar-refractivity contribution in [1.82, 2.24) is 34.6 Å². The Morgan fingerprint density at radius 3 is 2.59 bits per heavy atom. The van der Waals surface area contributed by atoms with Crippen LogP contribution in [0.5, 0.6) is 5.75 Å². The highest BCUT2D eigenvalue weighted by Crippen LogP contribution is 2.33. The maximum absolute atomic E-state index is 6.54. The van der Waals surface area contributed by atoms with Gasteiger partial charge < -0.3 is 20.1 Å². The lowest BCUT2D eigenvalue weighted by Gasteiger charge is -2.40. The first-order valence-electron chi connectivity index (χ1n) is 11.5. The minimum absolute atomic E-state index is 0.107. The Morgan fingerprint density at radius 1 is 0.971 bits per heavy atom. The van der Waals surface area contributed by atoms with Crippen LogP contribution in [0.4, 0.5) is 11.6 Å². The van der Waals surface area contributed by atoms with Crippen LogP contribution in [0, 0.1) is 13.8 Å². The van der Waals surface area contributed by atoms with Gasteiger partial charge in [0.15, 0.2) is 11.5 Å². The van der Waals surface area contributed by atoms with Crippen molar-refractivity contribution < 1.29 is 9.47 Å². The van der Waals surface area contributed by atoms with E-state index < -0.39 is 0 Å². The molecule has 0 aliphatic carbocycles. The number of fused-ring (bicyclic) bond motifs is 3. The summed E-state index contributed by atoms with van der Waals surface area (Å²) in [4.78, 5) is 22.3. The molecule has 0 radical (unpaired) electrons. The van der Waals surface area contributed by atoms with Crippen molar-refractivity contribution in [2.45, 2.75) is 44.9 Å². The molecule has 0 spiro atoms. The summed E-state index contributed by atoms with van der Waals surface area (Å²) in [6, 6.07) is 2.70. The lowest BCUT2D eigenvalue weighted by atomic mass is 9.94. The van der Waals surface area contributed by atoms with E-state index in [4.69, 9.17) is 9.47 Å². The maximum Gasteiger partial charge on any atom is 0.158 e. The maximum atomic E-state index is 6.54. The van der Waals surface area contributed by atoms with E-state index in [2.05, 4.69) is 35.6 Å². The molecule has 34 heavy (non-hydrogen) atoms. The molecule has 6 heterocycles. The van der Waals surface area contributed by atoms with Crippen LogP contribution in [0.1, 0.15) is 24.2 Å². The van der Waals surface area contributed by atoms with Crippen LogP contribution in [0.15, 0.2) is 43.2 Å². The lowest BCUT2D eigenvalue weighted by molar-refractivity contribution is -0.0122. The highest BCUT2D eigenvalue weighted by Gasteiger charge is 2.33. The Labute approximate surface area is 196 Å². The average molecular weight is 459 g/mol. The summed E-state index contributed by atoms with van der Waals surface area (Å²) >= 11 is 0. The number of morpholine rings is 1. The van der Waals surface area contributed by atoms with Crippen molar-refractivity contribution in [3.05, 3.63) is 54.6 Å². The molecule has 2 aliphatic rings. The van der Waals surface area contributed by atoms with Gasteiger partial charge in [-0.15, -0.1) is 0 Å². The normalized spacial score (nSPS) is 22.0. The number of imidazole rings is 1. The molecule has 4 aromatic rings. The van der Waals surface area contributed by atoms with E-state index in [0.29, 0.717) is 29.4 Å². The molecule has 0 amide bonds. The fourth-order valence-corrected chi connectivity index (χ4v) is 4.67. The summed E-state index contributed by atoms with van der Waals surface area (Å²) in [6.07, 6.45) is 12.6. The largest absolute Gasteiger partial charge is 0.488 e. The van der Waals surface area contributed by atoms with Crippen LogP contribution in [0.3, 0.4) is 0 Å². The first-order chi connectivity index (χ1) is 16.6. The summed E-state index contributed by atoms with van der Waals surface area (Å²) in [6.45, 7) is 5.34. The van der Waals surface area contributed by atoms with E-state index in [1.165, 1.54) is 0 Å². The number of rotatable bonds is 5. The molecule has 2 aliphatic heterocycles. The quantitative estimate of drug-likeness (QED) is 0.466. The molecule has 0 aromatic carbocycles. The van der Waals surface area contributed by atoms with Gasteiger partial charge in [0.2, 0.25) is 0 Å². The number of aromatic nitrogens is 6. The number of aryl methyl sites for hydroxylation is 2. The van der Waals surface area contributed by atoms with Gasteiger partial charge in [-0.1, -0.05) is 0 Å². The van der Waals surface area contributed by atoms with E-state index in [9.17, 15) is 0 Å². The van der Waals surface area contributed by atoms with Crippen molar-refractivity contribution in [3.63, 3.8) is 0 Å². The summed E-state index contributed by atoms with van der Waals surface area (Å²) < 4.78 is 14.2. The van der Waals surface area contributed by atoms with Gasteiger partial charge in [0.05, 0.1) is 61.8 Å². The van der Waals surface area contributed by atoms with E-state index in [1.54, 1.807) is 18.6 Å². The van der Waals surface area contributed by atoms with Crippen LogP contribution >= 0.6 is 0 Å². The molecule has 2 atom stereocenters. The van der Waals surface area contributed by atoms with Crippen LogP contribution in [0.2, 0.25) is 0 Å². The van der Waals surface area contributed by atoms with Gasteiger partial charge in [-0.3, -0.25) is 19.4 Å². The van der Waals surface area contributed by atoms with Gasteiger partial charge in [-0.05, 0) is 19.9 Å². The van der Waals surface area contributed by atoms with Crippen molar-refractivity contribution in [3.8, 4) is 17.0 Å². The molecule has 2 unspecified atom stereocenters. The zero-order valence-corrected chi connectivity index (χ0v) is 19.1. The highest BCUT2D eigenvalue weighted by molar-refractivity contribution is 5.70. The zero-order valence-electron chi connectivity index (χ0n) is 19.1. The van der Waals surface area contributed by atoms with Crippen molar-refractivity contribution in [1.29, 1.82) is 0 Å². The Morgan fingerprint density at radius 2 is 1.79 bits per heavy atom. The summed E-state index contributed by atoms with van der Waals surface area (Å²) in [7, 11) is 0. The van der Waals surface area contributed by atoms with Gasteiger partial charge >= 0.3 is 0 Å². The number of nitrogens with zero attached hydrogens (tertiary/aromatic N) is 6. The highest BCUT2D eigenvalue weighted by atomic mass is 16.5. The molecule has 10 nitrogen and oxygen atoms in total. The van der Waals surface area contributed by atoms with Crippen molar-refractivity contribution in [2.75, 3.05) is 18.5 Å². The Hall–Kier alpha value is -3.63. The molecular weight excluding hydrogens is 432 g/mol. The third-order valence-corrected chi connectivity index (χ3v) is 6.19. The average Bonchev–Trinajstić information content (AvgIpc) is 3.24. The predicted octanol–water partition coefficient (Wildman–Crippen LogP) is 2.84. The van der Waals surface area contributed by atoms with Gasteiger partial charge in [-0.25, -0.2) is 9.97 Å². The van der Waals surface area contributed by atoms with Crippen molar-refractivity contribution in [2.24, 2.45) is 0 Å². The molecule has 6 rings (SSSR count). The number of piperidine rings is 1. The monoisotopic (exact) mass is 458 g/mol. The Bertz CT molecular complexity index is 1310. The number of pyridine rings is 1. The fourth-order valence-electron chi connectivity index (χ4n) is 4.67. The number of hydrogen-bond acceptors (Lipinski definition) is 9. The van der Waals surface area contributed by atoms with Crippen LogP contribution in [-0.2, 0) is 4.74 Å². The van der Waals surface area contributed by atoms with Gasteiger partial charge in [0, 0.05) is 36.2 Å². The molecular formula is C24H26N8O2. The number of ether oxygens (including phenoxy) is 2.